The Bertz CT molecular complexity index is 7700. The van der Waals surface area contributed by atoms with Gasteiger partial charge in [0.2, 0.25) is 0 Å². The fourth-order valence-electron chi connectivity index (χ4n) is 18.6. The average Bonchev–Trinajstić information content (AvgIpc) is 1.59. The van der Waals surface area contributed by atoms with E-state index < -0.39 is 0 Å². The third-order valence-corrected chi connectivity index (χ3v) is 25.8. The lowest BCUT2D eigenvalue weighted by Crippen LogP contribution is -2.18. The molecule has 19 aromatic carbocycles. The van der Waals surface area contributed by atoms with Gasteiger partial charge in [-0.3, -0.25) is 0 Å². The summed E-state index contributed by atoms with van der Waals surface area (Å²) < 4.78 is 15.3. The Morgan fingerprint density at radius 2 is 0.457 bits per heavy atom. The lowest BCUT2D eigenvalue weighted by Gasteiger charge is -2.33. The number of anilines is 18. The largest absolute Gasteiger partial charge is 0.456 e. The average molecular weight is 1680 g/mol. The molecule has 8 nitrogen and oxygen atoms in total. The number of fused-ring (bicyclic) bond motifs is 12. The van der Waals surface area contributed by atoms with Crippen LogP contribution in [0.4, 0.5) is 102 Å². The molecule has 0 saturated heterocycles. The molecule has 0 saturated carbocycles. The maximum atomic E-state index is 6.38. The van der Waals surface area contributed by atoms with Crippen molar-refractivity contribution in [1.29, 1.82) is 0 Å². The van der Waals surface area contributed by atoms with Gasteiger partial charge in [-0.05, 0) is 260 Å². The molecule has 129 heavy (non-hydrogen) atoms. The lowest BCUT2D eigenvalue weighted by molar-refractivity contribution is 0.660. The maximum Gasteiger partial charge on any atom is 0.137 e. The van der Waals surface area contributed by atoms with Gasteiger partial charge in [-0.25, -0.2) is 0 Å². The Labute approximate surface area is 756 Å². The molecule has 23 rings (SSSR count). The molecule has 22 aromatic rings. The first-order valence-electron chi connectivity index (χ1n) is 44.0. The highest BCUT2D eigenvalue weighted by Crippen LogP contribution is 2.55. The number of aryl methyl sites for hydroxylation is 3. The van der Waals surface area contributed by atoms with Crippen molar-refractivity contribution in [2.45, 2.75) is 40.0 Å². The monoisotopic (exact) mass is 1680 g/mol. The first-order valence-corrected chi connectivity index (χ1v) is 44.8. The van der Waals surface area contributed by atoms with E-state index >= 15 is 0 Å². The first-order chi connectivity index (χ1) is 63.5. The summed E-state index contributed by atoms with van der Waals surface area (Å²) in [4.78, 5) is 14.2. The van der Waals surface area contributed by atoms with Gasteiger partial charge in [-0.15, -0.1) is 11.3 Å². The smallest absolute Gasteiger partial charge is 0.137 e. The van der Waals surface area contributed by atoms with Crippen LogP contribution in [0.2, 0.25) is 0 Å². The summed E-state index contributed by atoms with van der Waals surface area (Å²) in [5.41, 5.74) is 32.1. The van der Waals surface area contributed by atoms with Gasteiger partial charge >= 0.3 is 0 Å². The van der Waals surface area contributed by atoms with Crippen LogP contribution in [0, 0.1) is 20.8 Å². The Balaban J connectivity index is 0.000000118. The summed E-state index contributed by atoms with van der Waals surface area (Å²) >= 11 is 1.85. The summed E-state index contributed by atoms with van der Waals surface area (Å²) in [7, 11) is 0. The Kier molecular flexibility index (Phi) is 21.5. The molecule has 0 unspecified atom stereocenters. The van der Waals surface area contributed by atoms with Crippen LogP contribution in [0.15, 0.2) is 476 Å². The van der Waals surface area contributed by atoms with E-state index in [1.54, 1.807) is 0 Å². The van der Waals surface area contributed by atoms with Crippen LogP contribution in [-0.2, 0) is 5.41 Å². The number of nitrogens with zero attached hydrogens (tertiary/aromatic N) is 6. The van der Waals surface area contributed by atoms with Gasteiger partial charge in [0.1, 0.15) is 22.3 Å². The second kappa shape index (κ2) is 34.7. The summed E-state index contributed by atoms with van der Waals surface area (Å²) in [5, 5.41) is 7.08. The van der Waals surface area contributed by atoms with Gasteiger partial charge in [0.25, 0.3) is 0 Å². The fraction of sp³-hybridized carbons (Fsp3) is 0.0500. The molecular formula is C120H92N6O2S. The standard InChI is InChI=1S/C43H30N2OS.C40H34N2.C37H28N2O/c1-29-20-25-38(44(30-12-4-2-5-13-30)32-21-23-35-34-16-8-10-18-40(34)46-41(35)27-32)39(26-29)45(31-14-6-3-7-15-31)33-22-24-37-36-17-9-11-19-42(36)47-43(37)28-33;1-29-23-26-38(39(27-29)41(30-15-7-4-8-16-30)31-17-9-5-10-18-31)42(32-19-11-6-12-20-32)33-24-25-37-35(28-33)34-21-13-14-22-36(34)40(37,2)3;1-27-21-24-34(38(28-13-5-2-6-14-28)29-15-7-3-8-16-29)35(25-27)39(30-17-9-4-10-18-30)31-22-23-33-32-19-11-12-20-36(32)40-37(33)26-31/h2-28H,1H3;4-28H,1-3H3;2-26H,1H3. The van der Waals surface area contributed by atoms with Gasteiger partial charge in [0.15, 0.2) is 0 Å². The van der Waals surface area contributed by atoms with Gasteiger partial charge in [0, 0.05) is 128 Å². The number of furan rings is 2. The van der Waals surface area contributed by atoms with Crippen LogP contribution >= 0.6 is 11.3 Å². The van der Waals surface area contributed by atoms with E-state index in [1.807, 2.05) is 35.6 Å². The van der Waals surface area contributed by atoms with Crippen molar-refractivity contribution >= 4 is 178 Å². The third-order valence-electron chi connectivity index (χ3n) is 24.6. The van der Waals surface area contributed by atoms with E-state index in [0.717, 1.165) is 146 Å². The van der Waals surface area contributed by atoms with Crippen molar-refractivity contribution in [2.75, 3.05) is 29.4 Å². The molecule has 0 bridgehead atoms. The summed E-state index contributed by atoms with van der Waals surface area (Å²) in [5.74, 6) is 0. The number of rotatable bonds is 18. The molecule has 3 heterocycles. The van der Waals surface area contributed by atoms with Gasteiger partial charge in [0.05, 0.1) is 34.1 Å². The lowest BCUT2D eigenvalue weighted by atomic mass is 9.82. The van der Waals surface area contributed by atoms with E-state index in [2.05, 4.69) is 507 Å². The van der Waals surface area contributed by atoms with Gasteiger partial charge < -0.3 is 38.2 Å². The van der Waals surface area contributed by atoms with Crippen LogP contribution in [-0.4, -0.2) is 0 Å². The number of hydrogen-bond donors (Lipinski definition) is 0. The summed E-state index contributed by atoms with van der Waals surface area (Å²) in [6, 6.07) is 166. The number of thiophene rings is 1. The number of hydrogen-bond acceptors (Lipinski definition) is 9. The molecule has 9 heteroatoms. The zero-order valence-corrected chi connectivity index (χ0v) is 73.2. The number of para-hydroxylation sites is 10. The molecule has 0 amide bonds. The fourth-order valence-corrected chi connectivity index (χ4v) is 19.7. The highest BCUT2D eigenvalue weighted by atomic mass is 32.1. The van der Waals surface area contributed by atoms with Crippen molar-refractivity contribution in [1.82, 2.24) is 0 Å². The molecule has 1 aliphatic rings. The predicted molar refractivity (Wildman–Crippen MR) is 547 cm³/mol. The van der Waals surface area contributed by atoms with E-state index in [-0.39, 0.29) is 5.41 Å². The highest BCUT2D eigenvalue weighted by Gasteiger charge is 2.37. The minimum Gasteiger partial charge on any atom is -0.456 e. The summed E-state index contributed by atoms with van der Waals surface area (Å²) in [6.45, 7) is 11.2. The van der Waals surface area contributed by atoms with Gasteiger partial charge in [-0.2, -0.15) is 0 Å². The van der Waals surface area contributed by atoms with E-state index in [9.17, 15) is 0 Å². The van der Waals surface area contributed by atoms with Crippen molar-refractivity contribution in [3.8, 4) is 11.1 Å². The van der Waals surface area contributed by atoms with Crippen molar-refractivity contribution < 1.29 is 8.83 Å². The topological polar surface area (TPSA) is 45.7 Å². The predicted octanol–water partition coefficient (Wildman–Crippen LogP) is 35.3. The van der Waals surface area contributed by atoms with Crippen LogP contribution in [0.3, 0.4) is 0 Å². The second-order valence-electron chi connectivity index (χ2n) is 33.4. The molecule has 0 fully saturated rings. The van der Waals surface area contributed by atoms with Crippen LogP contribution in [0.25, 0.3) is 75.2 Å². The molecule has 0 radical (unpaired) electrons. The minimum atomic E-state index is -0.0333. The van der Waals surface area contributed by atoms with E-state index in [0.29, 0.717) is 0 Å². The van der Waals surface area contributed by atoms with Crippen LogP contribution < -0.4 is 29.4 Å². The second-order valence-corrected chi connectivity index (χ2v) is 34.5. The van der Waals surface area contributed by atoms with Crippen LogP contribution in [0.5, 0.6) is 0 Å². The number of benzene rings is 19. The zero-order chi connectivity index (χ0) is 86.9. The SMILES string of the molecule is Cc1ccc(N(c2ccccc2)c2ccc3c(c2)-c2ccccc2C3(C)C)c(N(c2ccccc2)c2ccccc2)c1.Cc1ccc(N(c2ccccc2)c2ccc3c(c2)oc2ccccc23)c(N(c2ccccc2)c2ccc3c(c2)sc2ccccc23)c1.Cc1ccc(N(c2ccccc2)c2ccccc2)c(N(c2ccccc2)c2ccc3c(c2)oc2ccccc23)c1. The highest BCUT2D eigenvalue weighted by molar-refractivity contribution is 7.25. The normalized spacial score (nSPS) is 11.8. The van der Waals surface area contributed by atoms with Crippen molar-refractivity contribution in [3.63, 3.8) is 0 Å². The molecule has 0 spiro atoms. The molecule has 1 aliphatic carbocycles. The van der Waals surface area contributed by atoms with Crippen LogP contribution in [0.1, 0.15) is 41.7 Å². The Morgan fingerprint density at radius 1 is 0.186 bits per heavy atom. The molecule has 0 N–H and O–H groups in total. The molecule has 0 aliphatic heterocycles. The third kappa shape index (κ3) is 15.5. The summed E-state index contributed by atoms with van der Waals surface area (Å²) in [6.07, 6.45) is 0. The van der Waals surface area contributed by atoms with Crippen molar-refractivity contribution in [2.24, 2.45) is 0 Å². The molecule has 0 atom stereocenters. The first kappa shape index (κ1) is 79.9. The molecule has 620 valence electrons. The maximum absolute atomic E-state index is 6.38. The minimum absolute atomic E-state index is 0.0333. The van der Waals surface area contributed by atoms with E-state index in [4.69, 9.17) is 8.83 Å². The molecule has 3 aromatic heterocycles. The quantitative estimate of drug-likeness (QED) is 0.0842. The van der Waals surface area contributed by atoms with E-state index in [1.165, 1.54) is 59.1 Å². The Hall–Kier alpha value is -16.2. The molecular weight excluding hydrogens is 1590 g/mol. The zero-order valence-electron chi connectivity index (χ0n) is 72.4. The van der Waals surface area contributed by atoms with Gasteiger partial charge in [-0.1, -0.05) is 269 Å². The van der Waals surface area contributed by atoms with Crippen molar-refractivity contribution in [3.05, 3.63) is 495 Å². The Morgan fingerprint density at radius 3 is 0.853 bits per heavy atom.